The summed E-state index contributed by atoms with van der Waals surface area (Å²) in [5.74, 6) is 0.365. The number of ether oxygens (including phenoxy) is 2. The molecule has 0 N–H and O–H groups in total. The highest BCUT2D eigenvalue weighted by molar-refractivity contribution is 5.90. The van der Waals surface area contributed by atoms with Gasteiger partial charge in [-0.1, -0.05) is 77.1 Å². The van der Waals surface area contributed by atoms with Crippen molar-refractivity contribution in [2.75, 3.05) is 6.61 Å². The van der Waals surface area contributed by atoms with E-state index in [-0.39, 0.29) is 5.92 Å². The maximum Gasteiger partial charge on any atom is 0.339 e. The second kappa shape index (κ2) is 12.7. The predicted octanol–water partition coefficient (Wildman–Crippen LogP) is 6.80. The average molecular weight is 408 g/mol. The van der Waals surface area contributed by atoms with Gasteiger partial charge in [0.15, 0.2) is 6.10 Å². The van der Waals surface area contributed by atoms with Gasteiger partial charge >= 0.3 is 5.97 Å². The van der Waals surface area contributed by atoms with E-state index in [2.05, 4.69) is 6.92 Å². The lowest BCUT2D eigenvalue weighted by atomic mass is 10.0. The zero-order valence-corrected chi connectivity index (χ0v) is 18.4. The van der Waals surface area contributed by atoms with E-state index in [4.69, 9.17) is 14.7 Å². The van der Waals surface area contributed by atoms with Gasteiger partial charge in [0.05, 0.1) is 12.2 Å². The molecule has 0 radical (unpaired) electrons. The van der Waals surface area contributed by atoms with Crippen LogP contribution >= 0.6 is 0 Å². The molecule has 0 aliphatic heterocycles. The lowest BCUT2D eigenvalue weighted by Gasteiger charge is -2.14. The molecule has 0 saturated carbocycles. The highest BCUT2D eigenvalue weighted by atomic mass is 16.5. The Bertz CT molecular complexity index is 804. The standard InChI is InChI=1S/C26H33NO3/c1-4-5-6-7-8-9-18-29-24-16-14-22(15-17-24)21-10-12-23(13-11-21)26(28)30-25(19-27)20(2)3/h10-17,20,25H,4-9,18H2,1-3H3. The van der Waals surface area contributed by atoms with E-state index in [1.165, 1.54) is 32.1 Å². The molecule has 0 fully saturated rings. The number of benzene rings is 2. The second-order valence-electron chi connectivity index (χ2n) is 7.92. The number of nitriles is 1. The van der Waals surface area contributed by atoms with Crippen molar-refractivity contribution in [2.24, 2.45) is 5.92 Å². The van der Waals surface area contributed by atoms with Crippen LogP contribution in [0.15, 0.2) is 48.5 Å². The minimum absolute atomic E-state index is 0.0417. The first-order chi connectivity index (χ1) is 14.5. The van der Waals surface area contributed by atoms with Crippen molar-refractivity contribution >= 4 is 5.97 Å². The van der Waals surface area contributed by atoms with Gasteiger partial charge in [-0.25, -0.2) is 4.79 Å². The molecule has 2 rings (SSSR count). The molecule has 0 saturated heterocycles. The third-order valence-electron chi connectivity index (χ3n) is 5.04. The third kappa shape index (κ3) is 7.55. The monoisotopic (exact) mass is 407 g/mol. The Morgan fingerprint density at radius 1 is 0.900 bits per heavy atom. The molecule has 2 aromatic rings. The minimum atomic E-state index is -0.735. The van der Waals surface area contributed by atoms with Gasteiger partial charge in [-0.15, -0.1) is 0 Å². The topological polar surface area (TPSA) is 59.3 Å². The Kier molecular flexibility index (Phi) is 9.94. The zero-order valence-electron chi connectivity index (χ0n) is 18.4. The zero-order chi connectivity index (χ0) is 21.8. The number of esters is 1. The fraction of sp³-hybridized carbons (Fsp3) is 0.462. The number of nitrogens with zero attached hydrogens (tertiary/aromatic N) is 1. The van der Waals surface area contributed by atoms with E-state index < -0.39 is 12.1 Å². The van der Waals surface area contributed by atoms with Crippen LogP contribution in [0.5, 0.6) is 5.75 Å². The van der Waals surface area contributed by atoms with Gasteiger partial charge < -0.3 is 9.47 Å². The molecule has 0 aromatic heterocycles. The normalized spacial score (nSPS) is 11.7. The van der Waals surface area contributed by atoms with E-state index in [1.807, 2.05) is 56.3 Å². The van der Waals surface area contributed by atoms with E-state index in [9.17, 15) is 4.79 Å². The lowest BCUT2D eigenvalue weighted by molar-refractivity contribution is 0.0325. The van der Waals surface area contributed by atoms with E-state index in [0.717, 1.165) is 29.9 Å². The summed E-state index contributed by atoms with van der Waals surface area (Å²) >= 11 is 0. The van der Waals surface area contributed by atoms with Gasteiger partial charge in [0.1, 0.15) is 11.8 Å². The number of carbonyl (C=O) groups is 1. The Hall–Kier alpha value is -2.80. The van der Waals surface area contributed by atoms with Crippen LogP contribution in [0.25, 0.3) is 11.1 Å². The maximum atomic E-state index is 12.2. The molecule has 30 heavy (non-hydrogen) atoms. The lowest BCUT2D eigenvalue weighted by Crippen LogP contribution is -2.21. The van der Waals surface area contributed by atoms with Crippen molar-refractivity contribution in [3.63, 3.8) is 0 Å². The summed E-state index contributed by atoms with van der Waals surface area (Å²) in [7, 11) is 0. The van der Waals surface area contributed by atoms with Gasteiger partial charge in [-0.05, 0) is 41.8 Å². The van der Waals surface area contributed by atoms with Crippen LogP contribution in [0.3, 0.4) is 0 Å². The highest BCUT2D eigenvalue weighted by Crippen LogP contribution is 2.23. The number of hydrogen-bond acceptors (Lipinski definition) is 4. The molecule has 0 spiro atoms. The van der Waals surface area contributed by atoms with Gasteiger partial charge in [0.2, 0.25) is 0 Å². The Balaban J connectivity index is 1.85. The van der Waals surface area contributed by atoms with Crippen LogP contribution in [0, 0.1) is 17.2 Å². The second-order valence-corrected chi connectivity index (χ2v) is 7.92. The molecule has 0 aliphatic rings. The molecular weight excluding hydrogens is 374 g/mol. The Morgan fingerprint density at radius 2 is 1.47 bits per heavy atom. The quantitative estimate of drug-likeness (QED) is 0.287. The third-order valence-corrected chi connectivity index (χ3v) is 5.04. The number of carbonyl (C=O) groups excluding carboxylic acids is 1. The van der Waals surface area contributed by atoms with Gasteiger partial charge in [0, 0.05) is 5.92 Å². The number of unbranched alkanes of at least 4 members (excludes halogenated alkanes) is 5. The van der Waals surface area contributed by atoms with Crippen molar-refractivity contribution < 1.29 is 14.3 Å². The summed E-state index contributed by atoms with van der Waals surface area (Å²) < 4.78 is 11.1. The summed E-state index contributed by atoms with van der Waals surface area (Å²) in [6.07, 6.45) is 6.78. The molecule has 4 heteroatoms. The van der Waals surface area contributed by atoms with Crippen LogP contribution in [0.4, 0.5) is 0 Å². The van der Waals surface area contributed by atoms with Crippen molar-refractivity contribution in [3.05, 3.63) is 54.1 Å². The first kappa shape index (κ1) is 23.5. The number of rotatable bonds is 12. The summed E-state index contributed by atoms with van der Waals surface area (Å²) in [6.45, 7) is 6.69. The van der Waals surface area contributed by atoms with Crippen LogP contribution in [-0.4, -0.2) is 18.7 Å². The van der Waals surface area contributed by atoms with Crippen LogP contribution in [-0.2, 0) is 4.74 Å². The highest BCUT2D eigenvalue weighted by Gasteiger charge is 2.18. The van der Waals surface area contributed by atoms with Crippen molar-refractivity contribution in [3.8, 4) is 22.9 Å². The minimum Gasteiger partial charge on any atom is -0.494 e. The van der Waals surface area contributed by atoms with Crippen molar-refractivity contribution in [1.82, 2.24) is 0 Å². The molecule has 1 unspecified atom stereocenters. The molecule has 0 bridgehead atoms. The van der Waals surface area contributed by atoms with E-state index >= 15 is 0 Å². The van der Waals surface area contributed by atoms with E-state index in [1.54, 1.807) is 12.1 Å². The predicted molar refractivity (Wildman–Crippen MR) is 120 cm³/mol. The summed E-state index contributed by atoms with van der Waals surface area (Å²) in [5, 5.41) is 9.08. The molecule has 0 heterocycles. The molecule has 0 amide bonds. The van der Waals surface area contributed by atoms with Crippen molar-refractivity contribution in [1.29, 1.82) is 5.26 Å². The first-order valence-electron chi connectivity index (χ1n) is 11.0. The molecule has 1 atom stereocenters. The maximum absolute atomic E-state index is 12.2. The smallest absolute Gasteiger partial charge is 0.339 e. The first-order valence-corrected chi connectivity index (χ1v) is 11.0. The molecule has 160 valence electrons. The largest absolute Gasteiger partial charge is 0.494 e. The van der Waals surface area contributed by atoms with Gasteiger partial charge in [-0.2, -0.15) is 5.26 Å². The summed E-state index contributed by atoms with van der Waals surface area (Å²) in [5.41, 5.74) is 2.51. The van der Waals surface area contributed by atoms with Crippen LogP contribution < -0.4 is 4.74 Å². The summed E-state index contributed by atoms with van der Waals surface area (Å²) in [4.78, 5) is 12.2. The van der Waals surface area contributed by atoms with Crippen LogP contribution in [0.1, 0.15) is 69.7 Å². The van der Waals surface area contributed by atoms with E-state index in [0.29, 0.717) is 5.56 Å². The van der Waals surface area contributed by atoms with Crippen LogP contribution in [0.2, 0.25) is 0 Å². The molecular formula is C26H33NO3. The SMILES string of the molecule is CCCCCCCCOc1ccc(-c2ccc(C(=O)OC(C#N)C(C)C)cc2)cc1. The number of hydrogen-bond donors (Lipinski definition) is 0. The molecule has 2 aromatic carbocycles. The fourth-order valence-corrected chi connectivity index (χ4v) is 3.11. The molecule has 0 aliphatic carbocycles. The van der Waals surface area contributed by atoms with Gasteiger partial charge in [0.25, 0.3) is 0 Å². The average Bonchev–Trinajstić information content (AvgIpc) is 2.77. The summed E-state index contributed by atoms with van der Waals surface area (Å²) in [6, 6.07) is 17.3. The Labute approximate surface area is 180 Å². The van der Waals surface area contributed by atoms with Crippen molar-refractivity contribution in [2.45, 2.75) is 65.4 Å². The molecule has 4 nitrogen and oxygen atoms in total. The Morgan fingerprint density at radius 3 is 2.03 bits per heavy atom. The fourth-order valence-electron chi connectivity index (χ4n) is 3.11. The van der Waals surface area contributed by atoms with Gasteiger partial charge in [-0.3, -0.25) is 0 Å².